The van der Waals surface area contributed by atoms with Crippen LogP contribution in [0.25, 0.3) is 0 Å². The molecule has 1 aromatic rings. The van der Waals surface area contributed by atoms with Crippen molar-refractivity contribution in [3.8, 4) is 0 Å². The SMILES string of the molecule is COC(=O)C(CP1(=O)OC(C)(C)C(C)(C)O1)N1C(=O)c2ccccc2C1=O. The van der Waals surface area contributed by atoms with Crippen LogP contribution in [0.2, 0.25) is 0 Å². The highest BCUT2D eigenvalue weighted by Gasteiger charge is 2.58. The molecule has 146 valence electrons. The van der Waals surface area contributed by atoms with E-state index in [4.69, 9.17) is 13.8 Å². The third kappa shape index (κ3) is 3.12. The first kappa shape index (κ1) is 19.7. The first-order valence-electron chi connectivity index (χ1n) is 8.48. The van der Waals surface area contributed by atoms with Crippen molar-refractivity contribution in [2.24, 2.45) is 0 Å². The second-order valence-electron chi connectivity index (χ2n) is 7.56. The summed E-state index contributed by atoms with van der Waals surface area (Å²) in [4.78, 5) is 38.6. The molecule has 1 aromatic carbocycles. The quantitative estimate of drug-likeness (QED) is 0.439. The van der Waals surface area contributed by atoms with Crippen molar-refractivity contribution in [2.75, 3.05) is 13.3 Å². The van der Waals surface area contributed by atoms with Gasteiger partial charge in [0.05, 0.1) is 24.4 Å². The molecule has 0 aliphatic carbocycles. The number of fused-ring (bicyclic) bond motifs is 1. The van der Waals surface area contributed by atoms with Crippen molar-refractivity contribution in [1.29, 1.82) is 0 Å². The van der Waals surface area contributed by atoms with Crippen LogP contribution in [-0.2, 0) is 23.1 Å². The van der Waals surface area contributed by atoms with Gasteiger partial charge in [-0.05, 0) is 39.8 Å². The van der Waals surface area contributed by atoms with E-state index >= 15 is 0 Å². The van der Waals surface area contributed by atoms with E-state index < -0.39 is 48.8 Å². The van der Waals surface area contributed by atoms with Crippen molar-refractivity contribution >= 4 is 25.4 Å². The van der Waals surface area contributed by atoms with E-state index in [1.807, 2.05) is 0 Å². The first-order valence-corrected chi connectivity index (χ1v) is 10.2. The Balaban J connectivity index is 1.96. The molecule has 2 aliphatic rings. The summed E-state index contributed by atoms with van der Waals surface area (Å²) >= 11 is 0. The summed E-state index contributed by atoms with van der Waals surface area (Å²) in [7, 11) is -2.65. The Morgan fingerprint density at radius 3 is 1.93 bits per heavy atom. The van der Waals surface area contributed by atoms with Crippen LogP contribution in [0.1, 0.15) is 48.4 Å². The van der Waals surface area contributed by atoms with Crippen LogP contribution in [-0.4, -0.2) is 53.2 Å². The molecule has 27 heavy (non-hydrogen) atoms. The van der Waals surface area contributed by atoms with E-state index in [1.54, 1.807) is 39.8 Å². The van der Waals surface area contributed by atoms with Gasteiger partial charge in [-0.2, -0.15) is 0 Å². The Labute approximate surface area is 157 Å². The van der Waals surface area contributed by atoms with Crippen LogP contribution in [0, 0.1) is 0 Å². The summed E-state index contributed by atoms with van der Waals surface area (Å²) < 4.78 is 29.3. The number of nitrogens with zero attached hydrogens (tertiary/aromatic N) is 1. The van der Waals surface area contributed by atoms with Crippen LogP contribution < -0.4 is 0 Å². The van der Waals surface area contributed by atoms with Crippen molar-refractivity contribution in [1.82, 2.24) is 4.90 Å². The summed E-state index contributed by atoms with van der Waals surface area (Å²) in [5.74, 6) is -2.15. The molecule has 1 unspecified atom stereocenters. The number of methoxy groups -OCH3 is 1. The van der Waals surface area contributed by atoms with Crippen molar-refractivity contribution in [3.05, 3.63) is 35.4 Å². The van der Waals surface area contributed by atoms with Gasteiger partial charge in [0.25, 0.3) is 11.8 Å². The molecule has 1 atom stereocenters. The second-order valence-corrected chi connectivity index (χ2v) is 9.51. The second kappa shape index (κ2) is 6.26. The third-order valence-corrected chi connectivity index (χ3v) is 7.45. The monoisotopic (exact) mass is 395 g/mol. The van der Waals surface area contributed by atoms with Gasteiger partial charge in [0.15, 0.2) is 0 Å². The van der Waals surface area contributed by atoms with Crippen molar-refractivity contribution in [2.45, 2.75) is 44.9 Å². The van der Waals surface area contributed by atoms with Crippen LogP contribution >= 0.6 is 7.60 Å². The average molecular weight is 395 g/mol. The first-order chi connectivity index (χ1) is 12.4. The molecule has 2 aliphatic heterocycles. The summed E-state index contributed by atoms with van der Waals surface area (Å²) in [6.07, 6.45) is -0.474. The number of carbonyl (C=O) groups is 3. The molecule has 0 bridgehead atoms. The molecule has 0 spiro atoms. The number of hydrogen-bond acceptors (Lipinski definition) is 7. The highest BCUT2D eigenvalue weighted by atomic mass is 31.2. The molecule has 0 radical (unpaired) electrons. The van der Waals surface area contributed by atoms with Gasteiger partial charge in [-0.25, -0.2) is 4.79 Å². The molecule has 2 heterocycles. The number of carbonyl (C=O) groups excluding carboxylic acids is 3. The predicted octanol–water partition coefficient (Wildman–Crippen LogP) is 2.62. The molecule has 1 fully saturated rings. The molecular formula is C18H22NO7P. The molecule has 9 heteroatoms. The number of ether oxygens (including phenoxy) is 1. The molecule has 2 amide bonds. The molecule has 0 aromatic heterocycles. The zero-order valence-electron chi connectivity index (χ0n) is 15.8. The topological polar surface area (TPSA) is 99.2 Å². The highest BCUT2D eigenvalue weighted by molar-refractivity contribution is 7.54. The fourth-order valence-corrected chi connectivity index (χ4v) is 5.86. The van der Waals surface area contributed by atoms with Crippen LogP contribution in [0.5, 0.6) is 0 Å². The predicted molar refractivity (Wildman–Crippen MR) is 95.5 cm³/mol. The van der Waals surface area contributed by atoms with Gasteiger partial charge >= 0.3 is 13.6 Å². The van der Waals surface area contributed by atoms with E-state index in [0.717, 1.165) is 12.0 Å². The molecule has 1 saturated heterocycles. The van der Waals surface area contributed by atoms with Gasteiger partial charge < -0.3 is 4.74 Å². The maximum absolute atomic E-state index is 13.2. The number of esters is 1. The number of rotatable bonds is 4. The lowest BCUT2D eigenvalue weighted by Crippen LogP contribution is -2.47. The Morgan fingerprint density at radius 2 is 1.52 bits per heavy atom. The number of hydrogen-bond donors (Lipinski definition) is 0. The third-order valence-electron chi connectivity index (χ3n) is 5.19. The van der Waals surface area contributed by atoms with Gasteiger partial charge in [0, 0.05) is 0 Å². The minimum atomic E-state index is -3.78. The Bertz CT molecular complexity index is 821. The van der Waals surface area contributed by atoms with E-state index in [0.29, 0.717) is 0 Å². The largest absolute Gasteiger partial charge is 0.467 e. The highest BCUT2D eigenvalue weighted by Crippen LogP contribution is 2.64. The zero-order valence-corrected chi connectivity index (χ0v) is 16.7. The summed E-state index contributed by atoms with van der Waals surface area (Å²) in [5.41, 5.74) is -1.40. The zero-order chi connectivity index (χ0) is 20.2. The van der Waals surface area contributed by atoms with E-state index in [-0.39, 0.29) is 11.1 Å². The Hall–Kier alpha value is -2.02. The molecule has 0 saturated carbocycles. The van der Waals surface area contributed by atoms with E-state index in [9.17, 15) is 18.9 Å². The average Bonchev–Trinajstić information content (AvgIpc) is 2.91. The van der Waals surface area contributed by atoms with Gasteiger partial charge in [-0.15, -0.1) is 0 Å². The van der Waals surface area contributed by atoms with Crippen molar-refractivity contribution in [3.63, 3.8) is 0 Å². The minimum Gasteiger partial charge on any atom is -0.467 e. The Kier molecular flexibility index (Phi) is 4.57. The van der Waals surface area contributed by atoms with Crippen molar-refractivity contribution < 1.29 is 32.7 Å². The van der Waals surface area contributed by atoms with Crippen LogP contribution in [0.15, 0.2) is 24.3 Å². The van der Waals surface area contributed by atoms with Gasteiger partial charge in [0.1, 0.15) is 17.2 Å². The van der Waals surface area contributed by atoms with E-state index in [2.05, 4.69) is 0 Å². The van der Waals surface area contributed by atoms with E-state index in [1.165, 1.54) is 12.1 Å². The minimum absolute atomic E-state index is 0.184. The standard InChI is InChI=1S/C18H22NO7P/c1-17(2)18(3,4)26-27(23,25-17)10-13(16(22)24-5)19-14(20)11-8-6-7-9-12(11)15(19)21/h6-9,13H,10H2,1-5H3. The molecule has 3 rings (SSSR count). The smallest absolute Gasteiger partial charge is 0.334 e. The van der Waals surface area contributed by atoms with Gasteiger partial charge in [-0.1, -0.05) is 12.1 Å². The maximum atomic E-state index is 13.2. The molecule has 8 nitrogen and oxygen atoms in total. The molecule has 0 N–H and O–H groups in total. The lowest BCUT2D eigenvalue weighted by atomic mass is 9.90. The summed E-state index contributed by atoms with van der Waals surface area (Å²) in [6, 6.07) is 4.83. The fourth-order valence-electron chi connectivity index (χ4n) is 3.11. The van der Waals surface area contributed by atoms with Crippen LogP contribution in [0.4, 0.5) is 0 Å². The van der Waals surface area contributed by atoms with Crippen LogP contribution in [0.3, 0.4) is 0 Å². The molecular weight excluding hydrogens is 373 g/mol. The summed E-state index contributed by atoms with van der Waals surface area (Å²) in [6.45, 7) is 6.90. The summed E-state index contributed by atoms with van der Waals surface area (Å²) in [5, 5.41) is 0. The van der Waals surface area contributed by atoms with Gasteiger partial charge in [-0.3, -0.25) is 28.1 Å². The lowest BCUT2D eigenvalue weighted by molar-refractivity contribution is -0.144. The fraction of sp³-hybridized carbons (Fsp3) is 0.500. The van der Waals surface area contributed by atoms with Gasteiger partial charge in [0.2, 0.25) is 0 Å². The lowest BCUT2D eigenvalue weighted by Gasteiger charge is -2.29. The number of imide groups is 1. The normalized spacial score (nSPS) is 23.2. The Morgan fingerprint density at radius 1 is 1.07 bits per heavy atom. The maximum Gasteiger partial charge on any atom is 0.334 e. The number of amides is 2. The number of benzene rings is 1.